The smallest absolute Gasteiger partial charge is 0.120 e. The van der Waals surface area contributed by atoms with Crippen molar-refractivity contribution >= 4 is 10.9 Å². The van der Waals surface area contributed by atoms with E-state index in [-0.39, 0.29) is 6.10 Å². The SMILES string of the molecule is CCCNCc1c(C)[nH]c2ccc(OC(C)CC)cc12. The Hall–Kier alpha value is -1.48. The summed E-state index contributed by atoms with van der Waals surface area (Å²) >= 11 is 0. The fourth-order valence-electron chi connectivity index (χ4n) is 2.37. The molecule has 3 heteroatoms. The number of aryl methyl sites for hydroxylation is 1. The van der Waals surface area contributed by atoms with Crippen LogP contribution in [0.3, 0.4) is 0 Å². The van der Waals surface area contributed by atoms with E-state index in [4.69, 9.17) is 4.74 Å². The highest BCUT2D eigenvalue weighted by atomic mass is 16.5. The van der Waals surface area contributed by atoms with Crippen molar-refractivity contribution < 1.29 is 4.74 Å². The summed E-state index contributed by atoms with van der Waals surface area (Å²) < 4.78 is 5.93. The summed E-state index contributed by atoms with van der Waals surface area (Å²) in [5.74, 6) is 0.961. The lowest BCUT2D eigenvalue weighted by atomic mass is 10.1. The Morgan fingerprint density at radius 3 is 2.80 bits per heavy atom. The number of fused-ring (bicyclic) bond motifs is 1. The van der Waals surface area contributed by atoms with Crippen molar-refractivity contribution in [2.24, 2.45) is 0 Å². The van der Waals surface area contributed by atoms with E-state index in [9.17, 15) is 0 Å². The molecule has 0 aliphatic heterocycles. The van der Waals surface area contributed by atoms with Gasteiger partial charge in [0.05, 0.1) is 6.10 Å². The maximum absolute atomic E-state index is 5.93. The van der Waals surface area contributed by atoms with Crippen molar-refractivity contribution in [1.29, 1.82) is 0 Å². The highest BCUT2D eigenvalue weighted by Crippen LogP contribution is 2.27. The van der Waals surface area contributed by atoms with Crippen LogP contribution in [0.2, 0.25) is 0 Å². The molecule has 1 unspecified atom stereocenters. The summed E-state index contributed by atoms with van der Waals surface area (Å²) in [6.07, 6.45) is 2.44. The topological polar surface area (TPSA) is 37.0 Å². The molecule has 20 heavy (non-hydrogen) atoms. The van der Waals surface area contributed by atoms with Crippen LogP contribution in [0.1, 0.15) is 44.9 Å². The van der Waals surface area contributed by atoms with Gasteiger partial charge in [-0.2, -0.15) is 0 Å². The van der Waals surface area contributed by atoms with Crippen LogP contribution in [0.5, 0.6) is 5.75 Å². The van der Waals surface area contributed by atoms with Gasteiger partial charge in [0.15, 0.2) is 0 Å². The summed E-state index contributed by atoms with van der Waals surface area (Å²) in [7, 11) is 0. The summed E-state index contributed by atoms with van der Waals surface area (Å²) in [4.78, 5) is 3.45. The highest BCUT2D eigenvalue weighted by molar-refractivity contribution is 5.86. The quantitative estimate of drug-likeness (QED) is 0.744. The van der Waals surface area contributed by atoms with E-state index in [1.165, 1.54) is 22.2 Å². The number of rotatable bonds is 7. The van der Waals surface area contributed by atoms with E-state index in [1.54, 1.807) is 0 Å². The molecular formula is C17H26N2O. The third-order valence-electron chi connectivity index (χ3n) is 3.73. The number of benzene rings is 1. The molecule has 2 rings (SSSR count). The zero-order valence-corrected chi connectivity index (χ0v) is 13.0. The zero-order valence-electron chi connectivity index (χ0n) is 13.0. The standard InChI is InChI=1S/C17H26N2O/c1-5-9-18-11-16-13(4)19-17-8-7-14(10-15(16)17)20-12(3)6-2/h7-8,10,12,18-19H,5-6,9,11H2,1-4H3. The van der Waals surface area contributed by atoms with Crippen molar-refractivity contribution in [3.05, 3.63) is 29.5 Å². The summed E-state index contributed by atoms with van der Waals surface area (Å²) in [6, 6.07) is 6.32. The third kappa shape index (κ3) is 3.34. The molecule has 3 nitrogen and oxygen atoms in total. The largest absolute Gasteiger partial charge is 0.491 e. The average Bonchev–Trinajstić information content (AvgIpc) is 2.75. The summed E-state index contributed by atoms with van der Waals surface area (Å²) in [6.45, 7) is 10.5. The minimum absolute atomic E-state index is 0.258. The molecule has 0 aliphatic carbocycles. The van der Waals surface area contributed by atoms with Gasteiger partial charge in [-0.3, -0.25) is 0 Å². The van der Waals surface area contributed by atoms with Crippen LogP contribution < -0.4 is 10.1 Å². The molecule has 1 atom stereocenters. The van der Waals surface area contributed by atoms with Gasteiger partial charge in [0.2, 0.25) is 0 Å². The number of H-pyrrole nitrogens is 1. The number of hydrogen-bond acceptors (Lipinski definition) is 2. The first kappa shape index (κ1) is 14.9. The van der Waals surface area contributed by atoms with Gasteiger partial charge in [0.25, 0.3) is 0 Å². The lowest BCUT2D eigenvalue weighted by Gasteiger charge is -2.12. The van der Waals surface area contributed by atoms with Gasteiger partial charge in [-0.25, -0.2) is 0 Å². The van der Waals surface area contributed by atoms with E-state index in [0.29, 0.717) is 0 Å². The number of nitrogens with one attached hydrogen (secondary N) is 2. The molecule has 0 aliphatic rings. The first-order valence-electron chi connectivity index (χ1n) is 7.64. The maximum atomic E-state index is 5.93. The van der Waals surface area contributed by atoms with Crippen molar-refractivity contribution in [2.75, 3.05) is 6.54 Å². The average molecular weight is 274 g/mol. The maximum Gasteiger partial charge on any atom is 0.120 e. The van der Waals surface area contributed by atoms with Gasteiger partial charge in [-0.15, -0.1) is 0 Å². The molecular weight excluding hydrogens is 248 g/mol. The number of aromatic nitrogens is 1. The fraction of sp³-hybridized carbons (Fsp3) is 0.529. The van der Waals surface area contributed by atoms with Crippen LogP contribution in [0.4, 0.5) is 0 Å². The van der Waals surface area contributed by atoms with Gasteiger partial charge in [0.1, 0.15) is 5.75 Å². The molecule has 0 amide bonds. The molecule has 0 fully saturated rings. The molecule has 1 aromatic heterocycles. The van der Waals surface area contributed by atoms with Gasteiger partial charge in [-0.05, 0) is 57.0 Å². The van der Waals surface area contributed by atoms with Crippen molar-refractivity contribution in [3.63, 3.8) is 0 Å². The van der Waals surface area contributed by atoms with Crippen molar-refractivity contribution in [3.8, 4) is 5.75 Å². The number of ether oxygens (including phenoxy) is 1. The minimum atomic E-state index is 0.258. The third-order valence-corrected chi connectivity index (χ3v) is 3.73. The Kier molecular flexibility index (Phi) is 5.07. The fourth-order valence-corrected chi connectivity index (χ4v) is 2.37. The van der Waals surface area contributed by atoms with E-state index < -0.39 is 0 Å². The van der Waals surface area contributed by atoms with Crippen LogP contribution in [-0.4, -0.2) is 17.6 Å². The van der Waals surface area contributed by atoms with Crippen LogP contribution >= 0.6 is 0 Å². The molecule has 2 aromatic rings. The molecule has 0 saturated heterocycles. The predicted molar refractivity (Wildman–Crippen MR) is 85.4 cm³/mol. The first-order valence-corrected chi connectivity index (χ1v) is 7.64. The highest BCUT2D eigenvalue weighted by Gasteiger charge is 2.10. The Balaban J connectivity index is 2.26. The van der Waals surface area contributed by atoms with Crippen LogP contribution in [0.15, 0.2) is 18.2 Å². The Bertz CT molecular complexity index is 559. The minimum Gasteiger partial charge on any atom is -0.491 e. The van der Waals surface area contributed by atoms with E-state index in [1.807, 2.05) is 6.07 Å². The normalized spacial score (nSPS) is 12.8. The molecule has 0 saturated carbocycles. The van der Waals surface area contributed by atoms with Crippen LogP contribution in [-0.2, 0) is 6.54 Å². The van der Waals surface area contributed by atoms with E-state index in [2.05, 4.69) is 50.1 Å². The summed E-state index contributed by atoms with van der Waals surface area (Å²) in [5.41, 5.74) is 3.78. The molecule has 0 radical (unpaired) electrons. The molecule has 2 N–H and O–H groups in total. The second-order valence-electron chi connectivity index (χ2n) is 5.45. The number of hydrogen-bond donors (Lipinski definition) is 2. The van der Waals surface area contributed by atoms with E-state index in [0.717, 1.165) is 31.7 Å². The lowest BCUT2D eigenvalue weighted by Crippen LogP contribution is -2.14. The molecule has 1 aromatic carbocycles. The molecule has 1 heterocycles. The predicted octanol–water partition coefficient (Wildman–Crippen LogP) is 4.15. The van der Waals surface area contributed by atoms with Crippen LogP contribution in [0, 0.1) is 6.92 Å². The Morgan fingerprint density at radius 1 is 1.30 bits per heavy atom. The monoisotopic (exact) mass is 274 g/mol. The van der Waals surface area contributed by atoms with Gasteiger partial charge in [-0.1, -0.05) is 13.8 Å². The molecule has 110 valence electrons. The van der Waals surface area contributed by atoms with Crippen molar-refractivity contribution in [2.45, 2.75) is 53.2 Å². The summed E-state index contributed by atoms with van der Waals surface area (Å²) in [5, 5.41) is 4.75. The van der Waals surface area contributed by atoms with Gasteiger partial charge < -0.3 is 15.0 Å². The first-order chi connectivity index (χ1) is 9.65. The Morgan fingerprint density at radius 2 is 2.10 bits per heavy atom. The zero-order chi connectivity index (χ0) is 14.5. The Labute approximate surface area is 121 Å². The van der Waals surface area contributed by atoms with Gasteiger partial charge in [0, 0.05) is 23.1 Å². The van der Waals surface area contributed by atoms with Gasteiger partial charge >= 0.3 is 0 Å². The second kappa shape index (κ2) is 6.80. The molecule has 0 spiro atoms. The van der Waals surface area contributed by atoms with Crippen LogP contribution in [0.25, 0.3) is 10.9 Å². The second-order valence-corrected chi connectivity index (χ2v) is 5.45. The lowest BCUT2D eigenvalue weighted by molar-refractivity contribution is 0.218. The number of aromatic amines is 1. The van der Waals surface area contributed by atoms with E-state index >= 15 is 0 Å². The van der Waals surface area contributed by atoms with Crippen molar-refractivity contribution in [1.82, 2.24) is 10.3 Å². The molecule has 0 bridgehead atoms.